The van der Waals surface area contributed by atoms with E-state index in [0.717, 1.165) is 13.0 Å². The van der Waals surface area contributed by atoms with Gasteiger partial charge in [-0.1, -0.05) is 20.3 Å². The first-order valence-corrected chi connectivity index (χ1v) is 5.51. The Labute approximate surface area is 96.5 Å². The number of carbonyl (C=O) groups is 1. The van der Waals surface area contributed by atoms with Gasteiger partial charge >= 0.3 is 0 Å². The molecular formula is C12H19N3O. The van der Waals surface area contributed by atoms with E-state index in [9.17, 15) is 4.79 Å². The fraction of sp³-hybridized carbons (Fsp3) is 0.500. The number of anilines is 1. The Balaban J connectivity index is 2.75. The summed E-state index contributed by atoms with van der Waals surface area (Å²) in [5.74, 6) is 0.428. The van der Waals surface area contributed by atoms with Crippen LogP contribution < -0.4 is 5.73 Å². The highest BCUT2D eigenvalue weighted by Crippen LogP contribution is 2.12. The van der Waals surface area contributed by atoms with Crippen molar-refractivity contribution < 1.29 is 4.79 Å². The lowest BCUT2D eigenvalue weighted by molar-refractivity contribution is 0.0775. The van der Waals surface area contributed by atoms with E-state index in [1.807, 2.05) is 0 Å². The summed E-state index contributed by atoms with van der Waals surface area (Å²) in [5, 5.41) is 0. The van der Waals surface area contributed by atoms with Gasteiger partial charge in [0.25, 0.3) is 5.91 Å². The van der Waals surface area contributed by atoms with Crippen molar-refractivity contribution in [3.8, 4) is 0 Å². The molecule has 0 spiro atoms. The Hall–Kier alpha value is -1.58. The minimum absolute atomic E-state index is 0.0640. The van der Waals surface area contributed by atoms with Gasteiger partial charge in [0.2, 0.25) is 0 Å². The van der Waals surface area contributed by atoms with E-state index in [1.165, 1.54) is 6.20 Å². The SMILES string of the molecule is CCC(C)CN(C)C(=O)c1cnccc1N. The van der Waals surface area contributed by atoms with Crippen LogP contribution in [0.3, 0.4) is 0 Å². The fourth-order valence-corrected chi connectivity index (χ4v) is 1.47. The molecule has 1 aromatic rings. The van der Waals surface area contributed by atoms with Crippen LogP contribution in [0.15, 0.2) is 18.5 Å². The van der Waals surface area contributed by atoms with Crippen LogP contribution in [-0.4, -0.2) is 29.4 Å². The van der Waals surface area contributed by atoms with Crippen LogP contribution in [0, 0.1) is 5.92 Å². The lowest BCUT2D eigenvalue weighted by atomic mass is 10.1. The summed E-state index contributed by atoms with van der Waals surface area (Å²) in [6.07, 6.45) is 4.16. The number of pyridine rings is 1. The predicted molar refractivity (Wildman–Crippen MR) is 65.1 cm³/mol. The number of carbonyl (C=O) groups excluding carboxylic acids is 1. The first kappa shape index (κ1) is 12.5. The van der Waals surface area contributed by atoms with E-state index >= 15 is 0 Å². The van der Waals surface area contributed by atoms with Crippen LogP contribution in [0.1, 0.15) is 30.6 Å². The molecule has 0 radical (unpaired) electrons. The molecule has 0 aliphatic heterocycles. The smallest absolute Gasteiger partial charge is 0.257 e. The van der Waals surface area contributed by atoms with Gasteiger partial charge in [0.05, 0.1) is 5.56 Å². The molecule has 4 nitrogen and oxygen atoms in total. The fourth-order valence-electron chi connectivity index (χ4n) is 1.47. The summed E-state index contributed by atoms with van der Waals surface area (Å²) in [6, 6.07) is 1.64. The minimum atomic E-state index is -0.0640. The Morgan fingerprint density at radius 2 is 2.31 bits per heavy atom. The molecular weight excluding hydrogens is 202 g/mol. The Morgan fingerprint density at radius 3 is 2.88 bits per heavy atom. The van der Waals surface area contributed by atoms with Gasteiger partial charge in [-0.15, -0.1) is 0 Å². The highest BCUT2D eigenvalue weighted by Gasteiger charge is 2.15. The van der Waals surface area contributed by atoms with Crippen molar-refractivity contribution in [2.75, 3.05) is 19.3 Å². The maximum Gasteiger partial charge on any atom is 0.257 e. The van der Waals surface area contributed by atoms with Gasteiger partial charge in [-0.25, -0.2) is 0 Å². The number of nitrogen functional groups attached to an aromatic ring is 1. The van der Waals surface area contributed by atoms with Gasteiger partial charge in [-0.3, -0.25) is 9.78 Å². The number of nitrogens with two attached hydrogens (primary N) is 1. The molecule has 1 aromatic heterocycles. The molecule has 4 heteroatoms. The van der Waals surface area contributed by atoms with Crippen molar-refractivity contribution in [3.63, 3.8) is 0 Å². The highest BCUT2D eigenvalue weighted by atomic mass is 16.2. The summed E-state index contributed by atoms with van der Waals surface area (Å²) in [7, 11) is 1.79. The quantitative estimate of drug-likeness (QED) is 0.843. The summed E-state index contributed by atoms with van der Waals surface area (Å²) in [6.45, 7) is 4.97. The number of amides is 1. The molecule has 0 fully saturated rings. The van der Waals surface area contributed by atoms with Crippen LogP contribution in [0.5, 0.6) is 0 Å². The maximum atomic E-state index is 12.0. The van der Waals surface area contributed by atoms with E-state index in [4.69, 9.17) is 5.73 Å². The zero-order chi connectivity index (χ0) is 12.1. The molecule has 88 valence electrons. The Bertz CT molecular complexity index is 365. The molecule has 0 aliphatic rings. The lowest BCUT2D eigenvalue weighted by Crippen LogP contribution is -2.31. The number of nitrogens with zero attached hydrogens (tertiary/aromatic N) is 2. The average Bonchev–Trinajstić information content (AvgIpc) is 2.28. The molecule has 0 saturated heterocycles. The van der Waals surface area contributed by atoms with Crippen LogP contribution in [-0.2, 0) is 0 Å². The first-order chi connectivity index (χ1) is 7.56. The van der Waals surface area contributed by atoms with E-state index < -0.39 is 0 Å². The standard InChI is InChI=1S/C12H19N3O/c1-4-9(2)8-15(3)12(16)10-7-14-6-5-11(10)13/h5-7,9H,4,8H2,1-3H3,(H2,13,14). The Morgan fingerprint density at radius 1 is 1.62 bits per heavy atom. The molecule has 0 saturated carbocycles. The van der Waals surface area contributed by atoms with Crippen LogP contribution in [0.4, 0.5) is 5.69 Å². The number of rotatable bonds is 4. The molecule has 2 N–H and O–H groups in total. The van der Waals surface area contributed by atoms with Gasteiger partial charge in [0, 0.05) is 31.7 Å². The van der Waals surface area contributed by atoms with Crippen LogP contribution >= 0.6 is 0 Å². The number of aromatic nitrogens is 1. The summed E-state index contributed by atoms with van der Waals surface area (Å²) in [4.78, 5) is 17.6. The minimum Gasteiger partial charge on any atom is -0.398 e. The third-order valence-corrected chi connectivity index (χ3v) is 2.71. The predicted octanol–water partition coefficient (Wildman–Crippen LogP) is 1.78. The van der Waals surface area contributed by atoms with Crippen molar-refractivity contribution in [2.45, 2.75) is 20.3 Å². The molecule has 16 heavy (non-hydrogen) atoms. The normalized spacial score (nSPS) is 12.2. The first-order valence-electron chi connectivity index (χ1n) is 5.51. The van der Waals surface area contributed by atoms with E-state index in [1.54, 1.807) is 24.2 Å². The molecule has 1 atom stereocenters. The second-order valence-electron chi connectivity index (χ2n) is 4.16. The molecule has 0 bridgehead atoms. The highest BCUT2D eigenvalue weighted by molar-refractivity contribution is 5.98. The summed E-state index contributed by atoms with van der Waals surface area (Å²) in [5.41, 5.74) is 6.70. The van der Waals surface area contributed by atoms with Gasteiger partial charge in [0.1, 0.15) is 0 Å². The Kier molecular flexibility index (Phi) is 4.28. The van der Waals surface area contributed by atoms with Crippen molar-refractivity contribution in [1.82, 2.24) is 9.88 Å². The van der Waals surface area contributed by atoms with E-state index in [0.29, 0.717) is 17.2 Å². The van der Waals surface area contributed by atoms with Crippen molar-refractivity contribution in [1.29, 1.82) is 0 Å². The molecule has 1 rings (SSSR count). The molecule has 0 aromatic carbocycles. The third kappa shape index (κ3) is 2.95. The second-order valence-corrected chi connectivity index (χ2v) is 4.16. The molecule has 1 unspecified atom stereocenters. The zero-order valence-electron chi connectivity index (χ0n) is 10.1. The topological polar surface area (TPSA) is 59.2 Å². The summed E-state index contributed by atoms with van der Waals surface area (Å²) < 4.78 is 0. The molecule has 1 heterocycles. The van der Waals surface area contributed by atoms with E-state index in [2.05, 4.69) is 18.8 Å². The molecule has 0 aliphatic carbocycles. The lowest BCUT2D eigenvalue weighted by Gasteiger charge is -2.21. The molecule has 1 amide bonds. The maximum absolute atomic E-state index is 12.0. The van der Waals surface area contributed by atoms with Crippen LogP contribution in [0.25, 0.3) is 0 Å². The third-order valence-electron chi connectivity index (χ3n) is 2.71. The largest absolute Gasteiger partial charge is 0.398 e. The zero-order valence-corrected chi connectivity index (χ0v) is 10.1. The van der Waals surface area contributed by atoms with Crippen molar-refractivity contribution in [3.05, 3.63) is 24.0 Å². The van der Waals surface area contributed by atoms with Crippen molar-refractivity contribution in [2.24, 2.45) is 5.92 Å². The van der Waals surface area contributed by atoms with Crippen molar-refractivity contribution >= 4 is 11.6 Å². The number of hydrogen-bond donors (Lipinski definition) is 1. The van der Waals surface area contributed by atoms with Gasteiger partial charge in [0.15, 0.2) is 0 Å². The number of hydrogen-bond acceptors (Lipinski definition) is 3. The average molecular weight is 221 g/mol. The van der Waals surface area contributed by atoms with Crippen LogP contribution in [0.2, 0.25) is 0 Å². The summed E-state index contributed by atoms with van der Waals surface area (Å²) >= 11 is 0. The van der Waals surface area contributed by atoms with Gasteiger partial charge < -0.3 is 10.6 Å². The second kappa shape index (κ2) is 5.49. The monoisotopic (exact) mass is 221 g/mol. The van der Waals surface area contributed by atoms with E-state index in [-0.39, 0.29) is 5.91 Å². The van der Waals surface area contributed by atoms with Gasteiger partial charge in [-0.05, 0) is 12.0 Å². The van der Waals surface area contributed by atoms with Gasteiger partial charge in [-0.2, -0.15) is 0 Å².